The van der Waals surface area contributed by atoms with Gasteiger partial charge in [-0.3, -0.25) is 0 Å². The molecular weight excluding hydrogens is 284 g/mol. The van der Waals surface area contributed by atoms with Crippen molar-refractivity contribution < 1.29 is 9.47 Å². The van der Waals surface area contributed by atoms with Gasteiger partial charge in [-0.25, -0.2) is 0 Å². The first-order chi connectivity index (χ1) is 11.1. The fraction of sp³-hybridized carbons (Fsp3) is 0.905. The van der Waals surface area contributed by atoms with E-state index < -0.39 is 0 Å². The van der Waals surface area contributed by atoms with Crippen molar-refractivity contribution in [2.45, 2.75) is 77.4 Å². The maximum Gasteiger partial charge on any atom is 0.174 e. The lowest BCUT2D eigenvalue weighted by Crippen LogP contribution is -2.54. The largest absolute Gasteiger partial charge is 0.347 e. The van der Waals surface area contributed by atoms with Gasteiger partial charge in [0.2, 0.25) is 0 Å². The van der Waals surface area contributed by atoms with E-state index >= 15 is 0 Å². The Labute approximate surface area is 141 Å². The van der Waals surface area contributed by atoms with Crippen LogP contribution in [0, 0.1) is 28.6 Å². The molecule has 0 bridgehead atoms. The Morgan fingerprint density at radius 2 is 1.74 bits per heavy atom. The first-order valence-corrected chi connectivity index (χ1v) is 10.1. The highest BCUT2D eigenvalue weighted by atomic mass is 16.7. The molecule has 1 aliphatic heterocycles. The summed E-state index contributed by atoms with van der Waals surface area (Å²) in [5, 5.41) is 0. The summed E-state index contributed by atoms with van der Waals surface area (Å²) in [5.74, 6) is 2.35. The summed E-state index contributed by atoms with van der Waals surface area (Å²) in [4.78, 5) is 0. The predicted octanol–water partition coefficient (Wildman–Crippen LogP) is 5.08. The van der Waals surface area contributed by atoms with Crippen LogP contribution < -0.4 is 0 Å². The molecule has 2 nitrogen and oxygen atoms in total. The minimum absolute atomic E-state index is 0.236. The van der Waals surface area contributed by atoms with E-state index in [1.165, 1.54) is 51.4 Å². The van der Waals surface area contributed by atoms with E-state index in [1.807, 2.05) is 5.57 Å². The lowest BCUT2D eigenvalue weighted by Gasteiger charge is -2.58. The molecule has 4 fully saturated rings. The molecule has 0 aromatic heterocycles. The van der Waals surface area contributed by atoms with Gasteiger partial charge in [0, 0.05) is 11.8 Å². The van der Waals surface area contributed by atoms with Crippen LogP contribution in [0.1, 0.15) is 71.6 Å². The van der Waals surface area contributed by atoms with Crippen molar-refractivity contribution in [1.82, 2.24) is 0 Å². The second-order valence-corrected chi connectivity index (χ2v) is 9.41. The van der Waals surface area contributed by atoms with E-state index in [9.17, 15) is 0 Å². The zero-order valence-electron chi connectivity index (χ0n) is 14.9. The van der Waals surface area contributed by atoms with E-state index in [0.717, 1.165) is 37.4 Å². The first kappa shape index (κ1) is 15.0. The summed E-state index contributed by atoms with van der Waals surface area (Å²) in [6, 6.07) is 0. The molecule has 0 amide bonds. The van der Waals surface area contributed by atoms with Gasteiger partial charge in [-0.2, -0.15) is 0 Å². The van der Waals surface area contributed by atoms with E-state index in [-0.39, 0.29) is 11.2 Å². The van der Waals surface area contributed by atoms with Gasteiger partial charge in [0.15, 0.2) is 5.79 Å². The number of allylic oxidation sites excluding steroid dienone is 2. The number of ether oxygens (including phenoxy) is 2. The normalized spacial score (nSPS) is 51.0. The molecule has 0 aromatic rings. The molecular formula is C21H32O2. The highest BCUT2D eigenvalue weighted by Gasteiger charge is 2.66. The average Bonchev–Trinajstić information content (AvgIpc) is 3.14. The lowest BCUT2D eigenvalue weighted by molar-refractivity contribution is -0.242. The topological polar surface area (TPSA) is 18.5 Å². The minimum Gasteiger partial charge on any atom is -0.347 e. The summed E-state index contributed by atoms with van der Waals surface area (Å²) < 4.78 is 12.5. The first-order valence-electron chi connectivity index (χ1n) is 10.1. The van der Waals surface area contributed by atoms with Crippen molar-refractivity contribution in [3.8, 4) is 0 Å². The van der Waals surface area contributed by atoms with Crippen molar-refractivity contribution in [3.63, 3.8) is 0 Å². The predicted molar refractivity (Wildman–Crippen MR) is 91.0 cm³/mol. The van der Waals surface area contributed by atoms with Gasteiger partial charge in [0.25, 0.3) is 0 Å². The number of fused-ring (bicyclic) bond motifs is 6. The second kappa shape index (κ2) is 4.85. The van der Waals surface area contributed by atoms with Gasteiger partial charge in [0.05, 0.1) is 13.2 Å². The van der Waals surface area contributed by atoms with Crippen molar-refractivity contribution in [1.29, 1.82) is 0 Å². The summed E-state index contributed by atoms with van der Waals surface area (Å²) >= 11 is 0. The Morgan fingerprint density at radius 1 is 0.957 bits per heavy atom. The van der Waals surface area contributed by atoms with Crippen LogP contribution in [-0.4, -0.2) is 19.0 Å². The van der Waals surface area contributed by atoms with E-state index in [4.69, 9.17) is 9.47 Å². The van der Waals surface area contributed by atoms with Crippen molar-refractivity contribution in [2.75, 3.05) is 13.2 Å². The smallest absolute Gasteiger partial charge is 0.174 e. The molecule has 5 rings (SSSR count). The Balaban J connectivity index is 1.51. The minimum atomic E-state index is -0.236. The van der Waals surface area contributed by atoms with E-state index in [0.29, 0.717) is 5.41 Å². The maximum absolute atomic E-state index is 6.25. The summed E-state index contributed by atoms with van der Waals surface area (Å²) in [7, 11) is 0. The van der Waals surface area contributed by atoms with Gasteiger partial charge in [-0.1, -0.05) is 31.9 Å². The van der Waals surface area contributed by atoms with Crippen LogP contribution in [0.25, 0.3) is 0 Å². The second-order valence-electron chi connectivity index (χ2n) is 9.41. The number of hydrogen-bond donors (Lipinski definition) is 0. The lowest BCUT2D eigenvalue weighted by atomic mass is 9.48. The zero-order valence-corrected chi connectivity index (χ0v) is 14.9. The van der Waals surface area contributed by atoms with E-state index in [1.54, 1.807) is 0 Å². The third kappa shape index (κ3) is 1.78. The maximum atomic E-state index is 6.25. The molecule has 23 heavy (non-hydrogen) atoms. The van der Waals surface area contributed by atoms with Crippen LogP contribution in [0.2, 0.25) is 0 Å². The number of hydrogen-bond acceptors (Lipinski definition) is 2. The average molecular weight is 316 g/mol. The molecule has 5 atom stereocenters. The summed E-state index contributed by atoms with van der Waals surface area (Å²) in [5.41, 5.74) is 2.58. The summed E-state index contributed by atoms with van der Waals surface area (Å²) in [6.07, 6.45) is 14.8. The Bertz CT molecular complexity index is 532. The Hall–Kier alpha value is -0.340. The zero-order chi connectivity index (χ0) is 15.7. The van der Waals surface area contributed by atoms with Gasteiger partial charge < -0.3 is 9.47 Å². The van der Waals surface area contributed by atoms with Crippen LogP contribution in [-0.2, 0) is 9.47 Å². The van der Waals surface area contributed by atoms with Crippen LogP contribution in [0.3, 0.4) is 0 Å². The fourth-order valence-corrected chi connectivity index (χ4v) is 7.58. The van der Waals surface area contributed by atoms with Crippen molar-refractivity contribution in [3.05, 3.63) is 11.6 Å². The molecule has 0 radical (unpaired) electrons. The molecule has 2 heteroatoms. The highest BCUT2D eigenvalue weighted by Crippen LogP contribution is 2.68. The molecule has 1 saturated heterocycles. The van der Waals surface area contributed by atoms with Gasteiger partial charge in [-0.15, -0.1) is 0 Å². The fourth-order valence-electron chi connectivity index (χ4n) is 7.58. The van der Waals surface area contributed by atoms with Gasteiger partial charge in [0.1, 0.15) is 0 Å². The molecule has 0 aromatic carbocycles. The molecule has 1 spiro atoms. The molecule has 0 unspecified atom stereocenters. The van der Waals surface area contributed by atoms with Crippen LogP contribution in [0.15, 0.2) is 11.6 Å². The Kier molecular flexibility index (Phi) is 3.15. The van der Waals surface area contributed by atoms with Crippen molar-refractivity contribution in [2.24, 2.45) is 28.6 Å². The standard InChI is InChI=1S/C21H32O2/c1-19-10-4-3-5-15(19)6-7-16-17(19)8-11-20(2)18(16)9-12-21(20)22-13-14-23-21/h6,16-18H,3-5,7-14H2,1-2H3/t16-,17+,18+,19-,20+/m0/s1. The van der Waals surface area contributed by atoms with Crippen LogP contribution >= 0.6 is 0 Å². The van der Waals surface area contributed by atoms with E-state index in [2.05, 4.69) is 19.9 Å². The highest BCUT2D eigenvalue weighted by molar-refractivity contribution is 5.25. The monoisotopic (exact) mass is 316 g/mol. The van der Waals surface area contributed by atoms with Gasteiger partial charge in [-0.05, 0) is 68.1 Å². The number of rotatable bonds is 0. The molecule has 4 aliphatic carbocycles. The summed E-state index contributed by atoms with van der Waals surface area (Å²) in [6.45, 7) is 6.70. The van der Waals surface area contributed by atoms with Gasteiger partial charge >= 0.3 is 0 Å². The Morgan fingerprint density at radius 3 is 2.57 bits per heavy atom. The van der Waals surface area contributed by atoms with Crippen LogP contribution in [0.4, 0.5) is 0 Å². The molecule has 128 valence electrons. The quantitative estimate of drug-likeness (QED) is 0.580. The molecule has 1 heterocycles. The van der Waals surface area contributed by atoms with Crippen molar-refractivity contribution >= 4 is 0 Å². The molecule has 0 N–H and O–H groups in total. The third-order valence-electron chi connectivity index (χ3n) is 8.82. The molecule has 3 saturated carbocycles. The third-order valence-corrected chi connectivity index (χ3v) is 8.82. The SMILES string of the molecule is C[C@]12CCCCC1=CC[C@H]1[C@H]2CC[C@]2(C)[C@@H]1CCC21OCCO1. The molecule has 5 aliphatic rings. The van der Waals surface area contributed by atoms with Crippen LogP contribution in [0.5, 0.6) is 0 Å².